The Morgan fingerprint density at radius 2 is 1.55 bits per heavy atom. The minimum absolute atomic E-state index is 0.423. The Morgan fingerprint density at radius 1 is 0.848 bits per heavy atom. The highest BCUT2D eigenvalue weighted by Gasteiger charge is 2.30. The molecule has 0 amide bonds. The molecule has 0 N–H and O–H groups in total. The maximum absolute atomic E-state index is 14.8. The lowest BCUT2D eigenvalue weighted by molar-refractivity contribution is 0.152. The fourth-order valence-electron chi connectivity index (χ4n) is 6.40. The van der Waals surface area contributed by atoms with Crippen LogP contribution >= 0.6 is 0 Å². The normalized spacial score (nSPS) is 26.3. The molecule has 2 aliphatic rings. The van der Waals surface area contributed by atoms with E-state index >= 15 is 0 Å². The predicted octanol–water partition coefficient (Wildman–Crippen LogP) is 9.58. The van der Waals surface area contributed by atoms with Gasteiger partial charge in [0, 0.05) is 5.39 Å². The third-order valence-electron chi connectivity index (χ3n) is 8.63. The van der Waals surface area contributed by atoms with Gasteiger partial charge in [-0.15, -0.1) is 0 Å². The van der Waals surface area contributed by atoms with Gasteiger partial charge in [0.1, 0.15) is 0 Å². The van der Waals surface area contributed by atoms with E-state index in [-0.39, 0.29) is 0 Å². The van der Waals surface area contributed by atoms with Crippen molar-refractivity contribution in [1.82, 2.24) is 0 Å². The Kier molecular flexibility index (Phi) is 8.61. The number of allylic oxidation sites excluding steroid dienone is 2. The first-order valence-electron chi connectivity index (χ1n) is 13.6. The number of hydrogen-bond acceptors (Lipinski definition) is 0. The van der Waals surface area contributed by atoms with Gasteiger partial charge in [0.05, 0.1) is 0 Å². The zero-order chi connectivity index (χ0) is 23.2. The Morgan fingerprint density at radius 3 is 2.21 bits per heavy atom. The molecule has 2 aromatic carbocycles. The molecule has 2 heteroatoms. The van der Waals surface area contributed by atoms with E-state index in [2.05, 4.69) is 19.1 Å². The van der Waals surface area contributed by atoms with E-state index in [1.165, 1.54) is 64.2 Å². The SMILES string of the molecule is CCC/C=C/C1CCC(C2CCC(CCc3cc4ccc(CC)cc4c(F)c3F)CC2)CC1. The molecule has 0 saturated heterocycles. The average Bonchev–Trinajstić information content (AvgIpc) is 2.86. The fraction of sp³-hybridized carbons (Fsp3) is 0.613. The summed E-state index contributed by atoms with van der Waals surface area (Å²) in [6.45, 7) is 4.28. The van der Waals surface area contributed by atoms with Gasteiger partial charge in [0.15, 0.2) is 11.6 Å². The number of rotatable bonds is 8. The van der Waals surface area contributed by atoms with Gasteiger partial charge in [-0.2, -0.15) is 0 Å². The predicted molar refractivity (Wildman–Crippen MR) is 137 cm³/mol. The monoisotopic (exact) mass is 452 g/mol. The molecule has 0 nitrogen and oxygen atoms in total. The first-order chi connectivity index (χ1) is 16.1. The van der Waals surface area contributed by atoms with Gasteiger partial charge < -0.3 is 0 Å². The van der Waals surface area contributed by atoms with E-state index < -0.39 is 11.6 Å². The second-order valence-corrected chi connectivity index (χ2v) is 10.8. The molecule has 33 heavy (non-hydrogen) atoms. The van der Waals surface area contributed by atoms with Crippen LogP contribution < -0.4 is 0 Å². The van der Waals surface area contributed by atoms with Crippen LogP contribution in [-0.4, -0.2) is 0 Å². The smallest absolute Gasteiger partial charge is 0.166 e. The third kappa shape index (κ3) is 6.06. The first kappa shape index (κ1) is 24.4. The highest BCUT2D eigenvalue weighted by Crippen LogP contribution is 2.42. The Hall–Kier alpha value is -1.70. The highest BCUT2D eigenvalue weighted by atomic mass is 19.2. The van der Waals surface area contributed by atoms with Gasteiger partial charge in [-0.25, -0.2) is 8.78 Å². The van der Waals surface area contributed by atoms with Gasteiger partial charge in [-0.1, -0.05) is 57.4 Å². The van der Waals surface area contributed by atoms with Crippen LogP contribution in [0, 0.1) is 35.3 Å². The lowest BCUT2D eigenvalue weighted by Gasteiger charge is -2.37. The van der Waals surface area contributed by atoms with E-state index in [4.69, 9.17) is 0 Å². The van der Waals surface area contributed by atoms with Crippen molar-refractivity contribution in [2.24, 2.45) is 23.7 Å². The summed E-state index contributed by atoms with van der Waals surface area (Å²) in [6, 6.07) is 7.65. The molecule has 2 saturated carbocycles. The lowest BCUT2D eigenvalue weighted by atomic mass is 9.68. The van der Waals surface area contributed by atoms with Crippen LogP contribution in [-0.2, 0) is 12.8 Å². The summed E-state index contributed by atoms with van der Waals surface area (Å²) in [6.07, 6.45) is 20.5. The van der Waals surface area contributed by atoms with E-state index in [1.807, 2.05) is 25.1 Å². The molecule has 0 radical (unpaired) electrons. The van der Waals surface area contributed by atoms with Crippen molar-refractivity contribution in [1.29, 1.82) is 0 Å². The number of benzene rings is 2. The number of unbranched alkanes of at least 4 members (excludes halogenated alkanes) is 1. The van der Waals surface area contributed by atoms with Crippen molar-refractivity contribution in [2.75, 3.05) is 0 Å². The zero-order valence-corrected chi connectivity index (χ0v) is 20.7. The van der Waals surface area contributed by atoms with Crippen molar-refractivity contribution in [3.05, 3.63) is 59.2 Å². The number of halogens is 2. The Balaban J connectivity index is 1.26. The molecule has 0 unspecified atom stereocenters. The maximum atomic E-state index is 14.8. The van der Waals surface area contributed by atoms with Crippen LogP contribution in [0.2, 0.25) is 0 Å². The summed E-state index contributed by atoms with van der Waals surface area (Å²) in [5, 5.41) is 1.25. The minimum atomic E-state index is -0.665. The van der Waals surface area contributed by atoms with E-state index in [9.17, 15) is 8.78 Å². The van der Waals surface area contributed by atoms with Crippen LogP contribution in [0.15, 0.2) is 36.4 Å². The van der Waals surface area contributed by atoms with Crippen LogP contribution in [0.3, 0.4) is 0 Å². The summed E-state index contributed by atoms with van der Waals surface area (Å²) in [5.41, 5.74) is 1.60. The maximum Gasteiger partial charge on any atom is 0.166 e. The summed E-state index contributed by atoms with van der Waals surface area (Å²) in [4.78, 5) is 0. The molecule has 0 heterocycles. The second-order valence-electron chi connectivity index (χ2n) is 10.8. The molecule has 0 aromatic heterocycles. The van der Waals surface area contributed by atoms with Crippen molar-refractivity contribution < 1.29 is 8.78 Å². The summed E-state index contributed by atoms with van der Waals surface area (Å²) >= 11 is 0. The van der Waals surface area contributed by atoms with Gasteiger partial charge >= 0.3 is 0 Å². The van der Waals surface area contributed by atoms with E-state index in [0.29, 0.717) is 23.3 Å². The first-order valence-corrected chi connectivity index (χ1v) is 13.6. The Bertz CT molecular complexity index is 928. The quantitative estimate of drug-likeness (QED) is 0.350. The lowest BCUT2D eigenvalue weighted by Crippen LogP contribution is -2.25. The van der Waals surface area contributed by atoms with Crippen molar-refractivity contribution in [3.8, 4) is 0 Å². The van der Waals surface area contributed by atoms with Crippen molar-refractivity contribution >= 4 is 10.8 Å². The number of hydrogen-bond donors (Lipinski definition) is 0. The zero-order valence-electron chi connectivity index (χ0n) is 20.7. The van der Waals surface area contributed by atoms with E-state index in [1.54, 1.807) is 6.07 Å². The molecule has 2 aromatic rings. The molecule has 0 atom stereocenters. The molecule has 0 bridgehead atoms. The second kappa shape index (κ2) is 11.6. The van der Waals surface area contributed by atoms with Crippen LogP contribution in [0.1, 0.15) is 95.6 Å². The molecular formula is C31H42F2. The van der Waals surface area contributed by atoms with Crippen LogP contribution in [0.4, 0.5) is 8.78 Å². The van der Waals surface area contributed by atoms with Crippen LogP contribution in [0.25, 0.3) is 10.8 Å². The standard InChI is InChI=1S/C31H42F2/c1-3-5-6-7-23-9-14-25(15-10-23)26-16-11-24(12-17-26)13-19-28-21-27-18-8-22(4-2)20-29(27)31(33)30(28)32/h6-8,18,20-21,23-26H,3-5,9-17,19H2,1-2H3/b7-6+. The van der Waals surface area contributed by atoms with Gasteiger partial charge in [-0.05, 0) is 117 Å². The molecule has 4 rings (SSSR count). The van der Waals surface area contributed by atoms with Gasteiger partial charge in [0.25, 0.3) is 0 Å². The largest absolute Gasteiger partial charge is 0.203 e. The topological polar surface area (TPSA) is 0 Å². The third-order valence-corrected chi connectivity index (χ3v) is 8.63. The summed E-state index contributed by atoms with van der Waals surface area (Å²) in [7, 11) is 0. The molecular weight excluding hydrogens is 410 g/mol. The van der Waals surface area contributed by atoms with Gasteiger partial charge in [-0.3, -0.25) is 0 Å². The molecule has 0 aliphatic heterocycles. The summed E-state index contributed by atoms with van der Waals surface area (Å²) < 4.78 is 29.5. The average molecular weight is 453 g/mol. The number of aryl methyl sites for hydroxylation is 2. The fourth-order valence-corrected chi connectivity index (χ4v) is 6.40. The van der Waals surface area contributed by atoms with Crippen molar-refractivity contribution in [2.45, 2.75) is 97.3 Å². The number of fused-ring (bicyclic) bond motifs is 1. The van der Waals surface area contributed by atoms with E-state index in [0.717, 1.165) is 41.5 Å². The molecule has 2 fully saturated rings. The molecule has 0 spiro atoms. The Labute approximate surface area is 199 Å². The van der Waals surface area contributed by atoms with Gasteiger partial charge in [0.2, 0.25) is 0 Å². The van der Waals surface area contributed by atoms with Crippen molar-refractivity contribution in [3.63, 3.8) is 0 Å². The highest BCUT2D eigenvalue weighted by molar-refractivity contribution is 5.84. The summed E-state index contributed by atoms with van der Waals surface area (Å²) in [5.74, 6) is 1.99. The molecule has 2 aliphatic carbocycles. The minimum Gasteiger partial charge on any atom is -0.203 e. The van der Waals surface area contributed by atoms with Crippen LogP contribution in [0.5, 0.6) is 0 Å². The molecule has 180 valence electrons.